The zero-order chi connectivity index (χ0) is 10.9. The van der Waals surface area contributed by atoms with Gasteiger partial charge in [0.25, 0.3) is 0 Å². The van der Waals surface area contributed by atoms with Crippen molar-refractivity contribution in [2.75, 3.05) is 0 Å². The zero-order valence-corrected chi connectivity index (χ0v) is 10.5. The Balaban J connectivity index is 2.89. The molecule has 2 nitrogen and oxygen atoms in total. The number of allylic oxidation sites excluding steroid dienone is 2. The summed E-state index contributed by atoms with van der Waals surface area (Å²) in [5.74, 6) is -0.744. The van der Waals surface area contributed by atoms with Gasteiger partial charge in [0.2, 0.25) is 0 Å². The van der Waals surface area contributed by atoms with E-state index in [9.17, 15) is 4.79 Å². The molecule has 0 spiro atoms. The number of rotatable bonds is 2. The number of carboxylic acid groups (broad SMARTS) is 1. The largest absolute Gasteiger partial charge is 0.481 e. The fourth-order valence-corrected chi connectivity index (χ4v) is 4.67. The fraction of sp³-hybridized carbons (Fsp3) is 0.727. The Hall–Kier alpha value is -0.573. The Morgan fingerprint density at radius 2 is 2.07 bits per heavy atom. The molecule has 0 radical (unpaired) electrons. The molecule has 0 aromatic heterocycles. The molecule has 0 amide bonds. The van der Waals surface area contributed by atoms with Gasteiger partial charge in [0, 0.05) is 8.07 Å². The van der Waals surface area contributed by atoms with E-state index in [2.05, 4.69) is 32.6 Å². The molecule has 0 saturated carbocycles. The van der Waals surface area contributed by atoms with Crippen LogP contribution in [0.2, 0.25) is 25.2 Å². The summed E-state index contributed by atoms with van der Waals surface area (Å²) >= 11 is 0. The summed E-state index contributed by atoms with van der Waals surface area (Å²) in [4.78, 5) is 11.1. The average molecular weight is 212 g/mol. The first kappa shape index (κ1) is 11.5. The lowest BCUT2D eigenvalue weighted by atomic mass is 9.89. The molecule has 0 aliphatic heterocycles. The van der Waals surface area contributed by atoms with Crippen LogP contribution < -0.4 is 0 Å². The minimum atomic E-state index is -1.35. The van der Waals surface area contributed by atoms with Crippen molar-refractivity contribution >= 4 is 14.0 Å². The van der Waals surface area contributed by atoms with Gasteiger partial charge in [-0.25, -0.2) is 0 Å². The van der Waals surface area contributed by atoms with E-state index in [4.69, 9.17) is 5.11 Å². The third kappa shape index (κ3) is 2.47. The Morgan fingerprint density at radius 1 is 1.50 bits per heavy atom. The molecule has 0 bridgehead atoms. The predicted octanol–water partition coefficient (Wildman–Crippen LogP) is 3.14. The Morgan fingerprint density at radius 3 is 2.50 bits per heavy atom. The van der Waals surface area contributed by atoms with E-state index in [1.54, 1.807) is 0 Å². The van der Waals surface area contributed by atoms with Crippen molar-refractivity contribution in [3.05, 3.63) is 11.6 Å². The quantitative estimate of drug-likeness (QED) is 0.564. The van der Waals surface area contributed by atoms with Crippen molar-refractivity contribution in [3.63, 3.8) is 0 Å². The van der Waals surface area contributed by atoms with Gasteiger partial charge in [0.1, 0.15) is 0 Å². The monoisotopic (exact) mass is 212 g/mol. The molecule has 0 heterocycles. The maximum Gasteiger partial charge on any atom is 0.306 e. The van der Waals surface area contributed by atoms with E-state index in [-0.39, 0.29) is 5.92 Å². The molecule has 1 N–H and O–H groups in total. The van der Waals surface area contributed by atoms with Crippen LogP contribution in [0.3, 0.4) is 0 Å². The van der Waals surface area contributed by atoms with Gasteiger partial charge in [-0.2, -0.15) is 0 Å². The molecule has 0 aromatic carbocycles. The van der Waals surface area contributed by atoms with Gasteiger partial charge in [0.05, 0.1) is 5.92 Å². The van der Waals surface area contributed by atoms with Crippen LogP contribution in [0.25, 0.3) is 0 Å². The summed E-state index contributed by atoms with van der Waals surface area (Å²) in [6, 6.07) is 0. The summed E-state index contributed by atoms with van der Waals surface area (Å²) < 4.78 is 0. The maximum absolute atomic E-state index is 11.1. The van der Waals surface area contributed by atoms with Gasteiger partial charge in [0.15, 0.2) is 0 Å². The normalized spacial score (nSPS) is 28.4. The Kier molecular flexibility index (Phi) is 3.19. The van der Waals surface area contributed by atoms with Crippen LogP contribution in [-0.2, 0) is 4.79 Å². The number of hydrogen-bond donors (Lipinski definition) is 1. The Bertz CT molecular complexity index is 263. The summed E-state index contributed by atoms with van der Waals surface area (Å²) in [5.41, 5.74) is 1.78. The highest BCUT2D eigenvalue weighted by atomic mass is 28.3. The first-order chi connectivity index (χ1) is 6.32. The Labute approximate surface area is 87.0 Å². The molecule has 3 heteroatoms. The number of aliphatic carboxylic acids is 1. The first-order valence-electron chi connectivity index (χ1n) is 5.21. The van der Waals surface area contributed by atoms with E-state index < -0.39 is 14.0 Å². The number of carbonyl (C=O) groups is 1. The van der Waals surface area contributed by atoms with Crippen LogP contribution in [0.4, 0.5) is 0 Å². The zero-order valence-electron chi connectivity index (χ0n) is 9.50. The second kappa shape index (κ2) is 3.89. The summed E-state index contributed by atoms with van der Waals surface area (Å²) in [7, 11) is -1.35. The maximum atomic E-state index is 11.1. The molecular formula is C11H20O2Si. The molecule has 1 aliphatic carbocycles. The van der Waals surface area contributed by atoms with Gasteiger partial charge in [-0.3, -0.25) is 4.79 Å². The molecule has 1 rings (SSSR count). The minimum Gasteiger partial charge on any atom is -0.481 e. The molecule has 1 aliphatic rings. The molecule has 14 heavy (non-hydrogen) atoms. The van der Waals surface area contributed by atoms with Gasteiger partial charge in [-0.05, 0) is 25.3 Å². The van der Waals surface area contributed by atoms with E-state index in [1.807, 2.05) is 0 Å². The van der Waals surface area contributed by atoms with E-state index in [0.29, 0.717) is 5.54 Å². The van der Waals surface area contributed by atoms with Crippen LogP contribution in [-0.4, -0.2) is 19.1 Å². The van der Waals surface area contributed by atoms with E-state index in [0.717, 1.165) is 12.8 Å². The average Bonchev–Trinajstić information content (AvgIpc) is 2.01. The molecule has 2 unspecified atom stereocenters. The second-order valence-corrected chi connectivity index (χ2v) is 10.9. The van der Waals surface area contributed by atoms with Crippen molar-refractivity contribution < 1.29 is 9.90 Å². The lowest BCUT2D eigenvalue weighted by molar-refractivity contribution is -0.142. The highest BCUT2D eigenvalue weighted by Crippen LogP contribution is 2.41. The first-order valence-corrected chi connectivity index (χ1v) is 8.78. The topological polar surface area (TPSA) is 37.3 Å². The van der Waals surface area contributed by atoms with Crippen LogP contribution in [0.15, 0.2) is 11.6 Å². The standard InChI is InChI=1S/C11H20O2Si/c1-8-5-6-9(11(12)13)10(7-8)14(2,3)4/h5,9-10H,6-7H2,1-4H3,(H,12,13). The lowest BCUT2D eigenvalue weighted by Gasteiger charge is -2.36. The lowest BCUT2D eigenvalue weighted by Crippen LogP contribution is -2.38. The van der Waals surface area contributed by atoms with Gasteiger partial charge in [-0.1, -0.05) is 31.3 Å². The SMILES string of the molecule is CC1=CCC(C(=O)O)C([Si](C)(C)C)C1. The highest BCUT2D eigenvalue weighted by molar-refractivity contribution is 6.77. The molecular weight excluding hydrogens is 192 g/mol. The third-order valence-corrected chi connectivity index (χ3v) is 6.01. The van der Waals surface area contributed by atoms with Crippen molar-refractivity contribution in [2.24, 2.45) is 5.92 Å². The van der Waals surface area contributed by atoms with Gasteiger partial charge in [-0.15, -0.1) is 0 Å². The van der Waals surface area contributed by atoms with Gasteiger partial charge < -0.3 is 5.11 Å². The second-order valence-electron chi connectivity index (χ2n) is 5.41. The van der Waals surface area contributed by atoms with E-state index >= 15 is 0 Å². The van der Waals surface area contributed by atoms with Crippen molar-refractivity contribution in [1.82, 2.24) is 0 Å². The van der Waals surface area contributed by atoms with Gasteiger partial charge >= 0.3 is 5.97 Å². The van der Waals surface area contributed by atoms with Crippen LogP contribution in [0.1, 0.15) is 19.8 Å². The molecule has 0 fully saturated rings. The third-order valence-electron chi connectivity index (χ3n) is 3.18. The van der Waals surface area contributed by atoms with Crippen LogP contribution in [0, 0.1) is 5.92 Å². The molecule has 0 saturated heterocycles. The number of hydrogen-bond acceptors (Lipinski definition) is 1. The van der Waals surface area contributed by atoms with Crippen LogP contribution in [0.5, 0.6) is 0 Å². The molecule has 80 valence electrons. The van der Waals surface area contributed by atoms with Crippen molar-refractivity contribution in [2.45, 2.75) is 44.9 Å². The van der Waals surface area contributed by atoms with E-state index in [1.165, 1.54) is 5.57 Å². The molecule has 2 atom stereocenters. The predicted molar refractivity (Wildman–Crippen MR) is 61.2 cm³/mol. The van der Waals surface area contributed by atoms with Crippen molar-refractivity contribution in [3.8, 4) is 0 Å². The van der Waals surface area contributed by atoms with Crippen molar-refractivity contribution in [1.29, 1.82) is 0 Å². The fourth-order valence-electron chi connectivity index (χ4n) is 2.25. The summed E-state index contributed by atoms with van der Waals surface area (Å²) in [6.45, 7) is 8.93. The smallest absolute Gasteiger partial charge is 0.306 e. The highest BCUT2D eigenvalue weighted by Gasteiger charge is 2.38. The molecule has 0 aromatic rings. The number of carboxylic acids is 1. The summed E-state index contributed by atoms with van der Waals surface area (Å²) in [6.07, 6.45) is 3.82. The van der Waals surface area contributed by atoms with Crippen LogP contribution >= 0.6 is 0 Å². The summed E-state index contributed by atoms with van der Waals surface area (Å²) in [5, 5.41) is 9.15. The minimum absolute atomic E-state index is 0.134.